The molecule has 10 aromatic carbocycles. The second-order valence-electron chi connectivity index (χ2n) is 13.7. The first kappa shape index (κ1) is 28.9. The predicted molar refractivity (Wildman–Crippen MR) is 223 cm³/mol. The van der Waals surface area contributed by atoms with Gasteiger partial charge < -0.3 is 9.47 Å². The lowest BCUT2D eigenvalue weighted by molar-refractivity contribution is 1.17. The molecule has 0 saturated heterocycles. The molecule has 2 heteroatoms. The molecule has 0 bridgehead atoms. The van der Waals surface area contributed by atoms with Gasteiger partial charge in [-0.05, 0) is 90.9 Å². The molecule has 0 unspecified atom stereocenters. The minimum atomic E-state index is 1.12. The van der Waals surface area contributed by atoms with Crippen LogP contribution in [0.3, 0.4) is 0 Å². The molecule has 242 valence electrons. The smallest absolute Gasteiger partial charge is 0.0782 e. The topological polar surface area (TPSA) is 8.17 Å². The Morgan fingerprint density at radius 3 is 1.63 bits per heavy atom. The zero-order valence-electron chi connectivity index (χ0n) is 28.4. The predicted octanol–water partition coefficient (Wildman–Crippen LogP) is 14.0. The van der Waals surface area contributed by atoms with Gasteiger partial charge in [-0.2, -0.15) is 0 Å². The van der Waals surface area contributed by atoms with Crippen LogP contribution in [0.15, 0.2) is 194 Å². The molecule has 0 aliphatic heterocycles. The molecular weight excluding hydrogens is 629 g/mol. The van der Waals surface area contributed by atoms with Crippen molar-refractivity contribution in [2.24, 2.45) is 0 Å². The van der Waals surface area contributed by atoms with E-state index < -0.39 is 0 Å². The zero-order valence-corrected chi connectivity index (χ0v) is 28.4. The van der Waals surface area contributed by atoms with Gasteiger partial charge in [0.25, 0.3) is 0 Å². The number of hydrogen-bond donors (Lipinski definition) is 0. The van der Waals surface area contributed by atoms with Crippen LogP contribution in [0, 0.1) is 0 Å². The van der Waals surface area contributed by atoms with Crippen LogP contribution in [0.2, 0.25) is 0 Å². The Morgan fingerprint density at radius 2 is 0.827 bits per heavy atom. The maximum atomic E-state index is 2.50. The van der Waals surface area contributed by atoms with Crippen molar-refractivity contribution >= 4 is 92.7 Å². The van der Waals surface area contributed by atoms with Gasteiger partial charge in [0.05, 0.1) is 22.4 Å². The van der Waals surface area contributed by atoms with Crippen LogP contribution in [0.5, 0.6) is 0 Å². The van der Waals surface area contributed by atoms with Gasteiger partial charge in [0.2, 0.25) is 0 Å². The lowest BCUT2D eigenvalue weighted by Crippen LogP contribution is -2.12. The van der Waals surface area contributed by atoms with Gasteiger partial charge >= 0.3 is 0 Å². The number of para-hydroxylation sites is 3. The third-order valence-electron chi connectivity index (χ3n) is 10.9. The van der Waals surface area contributed by atoms with Gasteiger partial charge in [-0.25, -0.2) is 0 Å². The van der Waals surface area contributed by atoms with Crippen LogP contribution in [-0.4, -0.2) is 4.57 Å². The molecule has 0 radical (unpaired) electrons. The maximum absolute atomic E-state index is 2.50. The molecule has 0 atom stereocenters. The normalized spacial score (nSPS) is 11.8. The number of hydrogen-bond acceptors (Lipinski definition) is 1. The van der Waals surface area contributed by atoms with Gasteiger partial charge in [0, 0.05) is 27.5 Å². The summed E-state index contributed by atoms with van der Waals surface area (Å²) in [7, 11) is 0. The van der Waals surface area contributed by atoms with Crippen molar-refractivity contribution in [3.05, 3.63) is 194 Å². The molecule has 2 nitrogen and oxygen atoms in total. The quantitative estimate of drug-likeness (QED) is 0.171. The Kier molecular flexibility index (Phi) is 6.28. The van der Waals surface area contributed by atoms with E-state index in [-0.39, 0.29) is 0 Å². The first-order chi connectivity index (χ1) is 25.8. The van der Waals surface area contributed by atoms with Gasteiger partial charge in [0.15, 0.2) is 0 Å². The molecule has 0 aliphatic carbocycles. The number of benzene rings is 10. The number of fused-ring (bicyclic) bond motifs is 11. The number of aromatic nitrogens is 1. The van der Waals surface area contributed by atoms with Crippen LogP contribution in [0.1, 0.15) is 0 Å². The van der Waals surface area contributed by atoms with Gasteiger partial charge in [0.1, 0.15) is 0 Å². The molecule has 11 rings (SSSR count). The third kappa shape index (κ3) is 4.25. The summed E-state index contributed by atoms with van der Waals surface area (Å²) < 4.78 is 2.44. The summed E-state index contributed by atoms with van der Waals surface area (Å²) in [4.78, 5) is 2.50. The summed E-state index contributed by atoms with van der Waals surface area (Å²) in [6, 6.07) is 71.2. The van der Waals surface area contributed by atoms with Crippen LogP contribution < -0.4 is 4.90 Å². The van der Waals surface area contributed by atoms with Gasteiger partial charge in [-0.1, -0.05) is 152 Å². The van der Waals surface area contributed by atoms with Crippen molar-refractivity contribution in [1.82, 2.24) is 4.57 Å². The van der Waals surface area contributed by atoms with E-state index in [0.717, 1.165) is 22.7 Å². The van der Waals surface area contributed by atoms with Crippen molar-refractivity contribution in [2.45, 2.75) is 0 Å². The van der Waals surface area contributed by atoms with Crippen molar-refractivity contribution in [2.75, 3.05) is 4.90 Å². The first-order valence-electron chi connectivity index (χ1n) is 17.9. The SMILES string of the molecule is c1ccc(-n2c3ccccc3c3cccc(N(c4ccc5ccc6ccccc6c5c4)c4cccc5c4ccc4c6ccccc6ccc54)c32)cc1. The number of anilines is 3. The molecule has 11 aromatic rings. The first-order valence-corrected chi connectivity index (χ1v) is 17.9. The van der Waals surface area contributed by atoms with E-state index in [1.54, 1.807) is 0 Å². The molecule has 0 N–H and O–H groups in total. The molecule has 0 amide bonds. The van der Waals surface area contributed by atoms with Crippen LogP contribution in [0.4, 0.5) is 17.1 Å². The fourth-order valence-electron chi connectivity index (χ4n) is 8.60. The fraction of sp³-hybridized carbons (Fsp3) is 0. The van der Waals surface area contributed by atoms with E-state index in [1.165, 1.54) is 75.7 Å². The fourth-order valence-corrected chi connectivity index (χ4v) is 8.60. The average Bonchev–Trinajstić information content (AvgIpc) is 3.56. The summed E-state index contributed by atoms with van der Waals surface area (Å²) in [5.41, 5.74) is 6.90. The summed E-state index contributed by atoms with van der Waals surface area (Å²) in [5.74, 6) is 0. The molecule has 1 aromatic heterocycles. The third-order valence-corrected chi connectivity index (χ3v) is 10.9. The minimum Gasteiger partial charge on any atom is -0.308 e. The standard InChI is InChI=1S/C50H32N2/c1-2-14-36(15-3-1)52-48-21-9-8-18-43(48)45-20-11-23-49(50(45)52)51(37-28-26-35-25-24-33-12-5-7-17-39(33)46(35)32-37)47-22-10-19-40-42-29-27-34-13-4-6-16-38(34)41(42)30-31-44(40)47/h1-32H. The Balaban J connectivity index is 1.28. The van der Waals surface area contributed by atoms with Crippen molar-refractivity contribution in [1.29, 1.82) is 0 Å². The Labute approximate surface area is 301 Å². The molecule has 0 fully saturated rings. The van der Waals surface area contributed by atoms with Crippen LogP contribution in [-0.2, 0) is 0 Å². The Morgan fingerprint density at radius 1 is 0.308 bits per heavy atom. The van der Waals surface area contributed by atoms with Crippen molar-refractivity contribution in [3.8, 4) is 5.69 Å². The van der Waals surface area contributed by atoms with Gasteiger partial charge in [-0.3, -0.25) is 0 Å². The summed E-state index contributed by atoms with van der Waals surface area (Å²) in [6.45, 7) is 0. The molecular formula is C50H32N2. The van der Waals surface area contributed by atoms with E-state index in [1.807, 2.05) is 0 Å². The molecule has 0 spiro atoms. The lowest BCUT2D eigenvalue weighted by Gasteiger charge is -2.29. The van der Waals surface area contributed by atoms with E-state index >= 15 is 0 Å². The summed E-state index contributed by atoms with van der Waals surface area (Å²) in [5, 5.41) is 15.0. The monoisotopic (exact) mass is 660 g/mol. The average molecular weight is 661 g/mol. The highest BCUT2D eigenvalue weighted by Crippen LogP contribution is 2.47. The second-order valence-corrected chi connectivity index (χ2v) is 13.7. The maximum Gasteiger partial charge on any atom is 0.0782 e. The molecule has 1 heterocycles. The molecule has 52 heavy (non-hydrogen) atoms. The van der Waals surface area contributed by atoms with Crippen LogP contribution in [0.25, 0.3) is 81.4 Å². The van der Waals surface area contributed by atoms with E-state index in [2.05, 4.69) is 204 Å². The lowest BCUT2D eigenvalue weighted by atomic mass is 9.95. The number of nitrogens with zero attached hydrogens (tertiary/aromatic N) is 2. The molecule has 0 saturated carbocycles. The summed E-state index contributed by atoms with van der Waals surface area (Å²) >= 11 is 0. The minimum absolute atomic E-state index is 1.12. The highest BCUT2D eigenvalue weighted by atomic mass is 15.2. The number of rotatable bonds is 4. The van der Waals surface area contributed by atoms with Gasteiger partial charge in [-0.15, -0.1) is 0 Å². The second kappa shape index (κ2) is 11.3. The largest absolute Gasteiger partial charge is 0.308 e. The van der Waals surface area contributed by atoms with E-state index in [4.69, 9.17) is 0 Å². The van der Waals surface area contributed by atoms with Crippen molar-refractivity contribution in [3.63, 3.8) is 0 Å². The Hall–Kier alpha value is -6.90. The Bertz CT molecular complexity index is 3190. The highest BCUT2D eigenvalue weighted by Gasteiger charge is 2.23. The zero-order chi connectivity index (χ0) is 34.2. The van der Waals surface area contributed by atoms with Crippen LogP contribution >= 0.6 is 0 Å². The van der Waals surface area contributed by atoms with E-state index in [0.29, 0.717) is 0 Å². The van der Waals surface area contributed by atoms with E-state index in [9.17, 15) is 0 Å². The molecule has 0 aliphatic rings. The highest BCUT2D eigenvalue weighted by molar-refractivity contribution is 6.21. The van der Waals surface area contributed by atoms with Crippen molar-refractivity contribution < 1.29 is 0 Å². The summed E-state index contributed by atoms with van der Waals surface area (Å²) in [6.07, 6.45) is 0.